The van der Waals surface area contributed by atoms with E-state index in [1.807, 2.05) is 12.4 Å². The van der Waals surface area contributed by atoms with E-state index >= 15 is 0 Å². The molecule has 0 saturated carbocycles. The molecule has 0 saturated heterocycles. The molecule has 68 valence electrons. The van der Waals surface area contributed by atoms with E-state index in [9.17, 15) is 0 Å². The van der Waals surface area contributed by atoms with Gasteiger partial charge in [-0.2, -0.15) is 0 Å². The van der Waals surface area contributed by atoms with Gasteiger partial charge in [0.15, 0.2) is 0 Å². The molecular formula is C8H10N4S. The highest BCUT2D eigenvalue weighted by atomic mass is 32.1. The maximum Gasteiger partial charge on any atom is 0.203 e. The van der Waals surface area contributed by atoms with E-state index in [0.717, 1.165) is 17.8 Å². The van der Waals surface area contributed by atoms with Crippen molar-refractivity contribution in [3.05, 3.63) is 29.0 Å². The van der Waals surface area contributed by atoms with Crippen molar-refractivity contribution < 1.29 is 0 Å². The van der Waals surface area contributed by atoms with Crippen molar-refractivity contribution in [2.45, 2.75) is 12.8 Å². The molecule has 0 aromatic carbocycles. The molecule has 0 spiro atoms. The van der Waals surface area contributed by atoms with E-state index < -0.39 is 0 Å². The van der Waals surface area contributed by atoms with Gasteiger partial charge in [0.1, 0.15) is 5.01 Å². The van der Waals surface area contributed by atoms with Crippen LogP contribution in [0.5, 0.6) is 0 Å². The van der Waals surface area contributed by atoms with Crippen LogP contribution in [-0.4, -0.2) is 15.2 Å². The van der Waals surface area contributed by atoms with Crippen molar-refractivity contribution in [2.24, 2.45) is 0 Å². The summed E-state index contributed by atoms with van der Waals surface area (Å²) in [5, 5.41) is 9.25. The molecule has 0 amide bonds. The standard InChI is InChI=1S/C8H10N4S/c9-8-12-11-7(13-8)2-1-6-3-4-10-5-6/h3-5,10H,1-2H2,(H2,9,12). The van der Waals surface area contributed by atoms with Crippen LogP contribution in [0.1, 0.15) is 10.6 Å². The molecular weight excluding hydrogens is 184 g/mol. The number of aryl methyl sites for hydroxylation is 2. The van der Waals surface area contributed by atoms with Gasteiger partial charge in [-0.05, 0) is 18.1 Å². The number of H-pyrrole nitrogens is 1. The number of hydrogen-bond donors (Lipinski definition) is 2. The molecule has 2 heterocycles. The van der Waals surface area contributed by atoms with E-state index in [-0.39, 0.29) is 0 Å². The lowest BCUT2D eigenvalue weighted by Gasteiger charge is -1.91. The van der Waals surface area contributed by atoms with Crippen molar-refractivity contribution >= 4 is 16.5 Å². The zero-order valence-corrected chi connectivity index (χ0v) is 7.84. The van der Waals surface area contributed by atoms with Gasteiger partial charge in [0, 0.05) is 18.8 Å². The minimum Gasteiger partial charge on any atom is -0.374 e. The Labute approximate surface area is 79.8 Å². The molecule has 0 radical (unpaired) electrons. The lowest BCUT2D eigenvalue weighted by atomic mass is 10.2. The highest BCUT2D eigenvalue weighted by Gasteiger charge is 2.01. The molecule has 2 aromatic rings. The van der Waals surface area contributed by atoms with Crippen LogP contribution in [0.25, 0.3) is 0 Å². The van der Waals surface area contributed by atoms with Crippen molar-refractivity contribution in [3.8, 4) is 0 Å². The van der Waals surface area contributed by atoms with Crippen LogP contribution >= 0.6 is 11.3 Å². The Morgan fingerprint density at radius 1 is 1.38 bits per heavy atom. The predicted molar refractivity (Wildman–Crippen MR) is 52.5 cm³/mol. The Hall–Kier alpha value is -1.36. The van der Waals surface area contributed by atoms with Crippen LogP contribution in [0.3, 0.4) is 0 Å². The lowest BCUT2D eigenvalue weighted by Crippen LogP contribution is -1.88. The minimum atomic E-state index is 0.545. The summed E-state index contributed by atoms with van der Waals surface area (Å²) in [6.07, 6.45) is 5.80. The summed E-state index contributed by atoms with van der Waals surface area (Å²) < 4.78 is 0. The molecule has 3 N–H and O–H groups in total. The first-order valence-electron chi connectivity index (χ1n) is 4.04. The summed E-state index contributed by atoms with van der Waals surface area (Å²) in [5.74, 6) is 0. The molecule has 0 aliphatic heterocycles. The number of aromatic amines is 1. The third-order valence-electron chi connectivity index (χ3n) is 1.77. The minimum absolute atomic E-state index is 0.545. The van der Waals surface area contributed by atoms with Crippen molar-refractivity contribution in [3.63, 3.8) is 0 Å². The molecule has 4 nitrogen and oxygen atoms in total. The van der Waals surface area contributed by atoms with Gasteiger partial charge in [-0.1, -0.05) is 11.3 Å². The van der Waals surface area contributed by atoms with Gasteiger partial charge >= 0.3 is 0 Å². The fraction of sp³-hybridized carbons (Fsp3) is 0.250. The van der Waals surface area contributed by atoms with Crippen LogP contribution in [0.2, 0.25) is 0 Å². The van der Waals surface area contributed by atoms with Gasteiger partial charge in [0.05, 0.1) is 0 Å². The quantitative estimate of drug-likeness (QED) is 0.772. The molecule has 2 rings (SSSR count). The average Bonchev–Trinajstić information content (AvgIpc) is 2.71. The van der Waals surface area contributed by atoms with Gasteiger partial charge in [-0.15, -0.1) is 10.2 Å². The molecule has 0 aliphatic carbocycles. The van der Waals surface area contributed by atoms with Crippen molar-refractivity contribution in [1.82, 2.24) is 15.2 Å². The fourth-order valence-electron chi connectivity index (χ4n) is 1.13. The van der Waals surface area contributed by atoms with E-state index in [0.29, 0.717) is 5.13 Å². The third-order valence-corrected chi connectivity index (χ3v) is 2.58. The van der Waals surface area contributed by atoms with Crippen LogP contribution in [0, 0.1) is 0 Å². The largest absolute Gasteiger partial charge is 0.374 e. The Kier molecular flexibility index (Phi) is 2.27. The van der Waals surface area contributed by atoms with Crippen LogP contribution in [0.15, 0.2) is 18.5 Å². The second-order valence-corrected chi connectivity index (χ2v) is 3.85. The second kappa shape index (κ2) is 3.57. The van der Waals surface area contributed by atoms with Crippen LogP contribution < -0.4 is 5.73 Å². The average molecular weight is 194 g/mol. The maximum absolute atomic E-state index is 5.47. The molecule has 13 heavy (non-hydrogen) atoms. The Morgan fingerprint density at radius 2 is 2.31 bits per heavy atom. The van der Waals surface area contributed by atoms with Crippen LogP contribution in [-0.2, 0) is 12.8 Å². The van der Waals surface area contributed by atoms with E-state index in [1.165, 1.54) is 16.9 Å². The monoisotopic (exact) mass is 194 g/mol. The van der Waals surface area contributed by atoms with Crippen molar-refractivity contribution in [1.29, 1.82) is 0 Å². The normalized spacial score (nSPS) is 10.5. The maximum atomic E-state index is 5.47. The number of aromatic nitrogens is 3. The topological polar surface area (TPSA) is 67.6 Å². The van der Waals surface area contributed by atoms with E-state index in [1.54, 1.807) is 0 Å². The number of nitrogen functional groups attached to an aromatic ring is 1. The van der Waals surface area contributed by atoms with E-state index in [2.05, 4.69) is 21.2 Å². The third kappa shape index (κ3) is 2.06. The summed E-state index contributed by atoms with van der Waals surface area (Å²) in [5.41, 5.74) is 6.75. The molecule has 2 aromatic heterocycles. The molecule has 0 aliphatic rings. The smallest absolute Gasteiger partial charge is 0.203 e. The summed E-state index contributed by atoms with van der Waals surface area (Å²) >= 11 is 1.45. The SMILES string of the molecule is Nc1nnc(CCc2cc[nH]c2)s1. The highest BCUT2D eigenvalue weighted by molar-refractivity contribution is 7.15. The summed E-state index contributed by atoms with van der Waals surface area (Å²) in [6, 6.07) is 2.06. The molecule has 0 bridgehead atoms. The fourth-order valence-corrected chi connectivity index (χ4v) is 1.74. The Balaban J connectivity index is 1.93. The number of nitrogens with two attached hydrogens (primary N) is 1. The van der Waals surface area contributed by atoms with Crippen molar-refractivity contribution in [2.75, 3.05) is 5.73 Å². The highest BCUT2D eigenvalue weighted by Crippen LogP contribution is 2.13. The Bertz CT molecular complexity index is 365. The second-order valence-electron chi connectivity index (χ2n) is 2.75. The Morgan fingerprint density at radius 3 is 2.92 bits per heavy atom. The zero-order chi connectivity index (χ0) is 9.10. The summed E-state index contributed by atoms with van der Waals surface area (Å²) in [6.45, 7) is 0. The van der Waals surface area contributed by atoms with Gasteiger partial charge in [-0.3, -0.25) is 0 Å². The summed E-state index contributed by atoms with van der Waals surface area (Å²) in [7, 11) is 0. The first kappa shape index (κ1) is 8.25. The van der Waals surface area contributed by atoms with E-state index in [4.69, 9.17) is 5.73 Å². The van der Waals surface area contributed by atoms with Gasteiger partial charge in [0.2, 0.25) is 5.13 Å². The number of nitrogens with zero attached hydrogens (tertiary/aromatic N) is 2. The first-order valence-corrected chi connectivity index (χ1v) is 4.86. The first-order chi connectivity index (χ1) is 6.34. The van der Waals surface area contributed by atoms with Gasteiger partial charge in [0.25, 0.3) is 0 Å². The number of hydrogen-bond acceptors (Lipinski definition) is 4. The number of anilines is 1. The molecule has 5 heteroatoms. The molecule has 0 fully saturated rings. The van der Waals surface area contributed by atoms with Gasteiger partial charge in [-0.25, -0.2) is 0 Å². The molecule has 0 atom stereocenters. The lowest BCUT2D eigenvalue weighted by molar-refractivity contribution is 0.907. The van der Waals surface area contributed by atoms with Gasteiger partial charge < -0.3 is 10.7 Å². The van der Waals surface area contributed by atoms with Crippen LogP contribution in [0.4, 0.5) is 5.13 Å². The zero-order valence-electron chi connectivity index (χ0n) is 7.03. The number of nitrogens with one attached hydrogen (secondary N) is 1. The summed E-state index contributed by atoms with van der Waals surface area (Å²) in [4.78, 5) is 3.01. The predicted octanol–water partition coefficient (Wildman–Crippen LogP) is 1.23. The number of rotatable bonds is 3. The molecule has 0 unspecified atom stereocenters.